The molecule has 0 aliphatic carbocycles. The first-order valence-corrected chi connectivity index (χ1v) is 9.94. The van der Waals surface area contributed by atoms with Crippen LogP contribution in [0.15, 0.2) is 59.1 Å². The van der Waals surface area contributed by atoms with Gasteiger partial charge in [0.15, 0.2) is 0 Å². The number of methoxy groups -OCH3 is 1. The molecule has 0 spiro atoms. The van der Waals surface area contributed by atoms with Crippen molar-refractivity contribution in [2.75, 3.05) is 7.11 Å². The summed E-state index contributed by atoms with van der Waals surface area (Å²) in [4.78, 5) is 4.69. The molecule has 0 radical (unpaired) electrons. The van der Waals surface area contributed by atoms with Crippen molar-refractivity contribution in [2.45, 2.75) is 4.34 Å². The van der Waals surface area contributed by atoms with Crippen LogP contribution >= 0.6 is 11.3 Å². The maximum absolute atomic E-state index is 11.5. The summed E-state index contributed by atoms with van der Waals surface area (Å²) in [6.07, 6.45) is 1.66. The quantitative estimate of drug-likeness (QED) is 0.581. The number of fused-ring (bicyclic) bond motifs is 1. The average molecular weight is 386 g/mol. The molecule has 0 aliphatic heterocycles. The van der Waals surface area contributed by atoms with Gasteiger partial charge in [0.05, 0.1) is 19.0 Å². The van der Waals surface area contributed by atoms with Crippen LogP contribution in [0.3, 0.4) is 0 Å². The number of primary sulfonamides is 1. The van der Waals surface area contributed by atoms with Crippen LogP contribution in [-0.2, 0) is 10.0 Å². The van der Waals surface area contributed by atoms with E-state index in [1.165, 1.54) is 4.52 Å². The van der Waals surface area contributed by atoms with Crippen LogP contribution in [-0.4, -0.2) is 30.1 Å². The average Bonchev–Trinajstić information content (AvgIpc) is 3.22. The number of ether oxygens (including phenoxy) is 1. The lowest BCUT2D eigenvalue weighted by Gasteiger charge is -2.06. The topological polar surface area (TPSA) is 99.6 Å². The molecule has 4 rings (SSSR count). The summed E-state index contributed by atoms with van der Waals surface area (Å²) in [6, 6.07) is 15.6. The molecule has 132 valence electrons. The zero-order chi connectivity index (χ0) is 18.3. The van der Waals surface area contributed by atoms with Crippen molar-refractivity contribution in [2.24, 2.45) is 5.14 Å². The molecule has 26 heavy (non-hydrogen) atoms. The van der Waals surface area contributed by atoms with Gasteiger partial charge in [-0.15, -0.1) is 5.10 Å². The summed E-state index contributed by atoms with van der Waals surface area (Å²) in [5.41, 5.74) is 3.65. The number of imidazole rings is 1. The van der Waals surface area contributed by atoms with Gasteiger partial charge in [-0.1, -0.05) is 47.7 Å². The van der Waals surface area contributed by atoms with Crippen molar-refractivity contribution in [3.63, 3.8) is 0 Å². The molecule has 0 atom stereocenters. The predicted octanol–water partition coefficient (Wildman–Crippen LogP) is 2.78. The van der Waals surface area contributed by atoms with Crippen molar-refractivity contribution in [3.05, 3.63) is 54.7 Å². The molecule has 0 unspecified atom stereocenters. The third-order valence-electron chi connectivity index (χ3n) is 3.89. The molecule has 0 saturated heterocycles. The minimum Gasteiger partial charge on any atom is -0.497 e. The SMILES string of the molecule is COc1cccc(-c2ccc(-c3cnc4sc(S(N)(=O)=O)nn34)cc2)c1. The number of aromatic nitrogens is 3. The summed E-state index contributed by atoms with van der Waals surface area (Å²) in [5.74, 6) is 0.794. The third kappa shape index (κ3) is 2.96. The van der Waals surface area contributed by atoms with Crippen LogP contribution in [0, 0.1) is 0 Å². The normalized spacial score (nSPS) is 11.8. The van der Waals surface area contributed by atoms with Crippen molar-refractivity contribution >= 4 is 26.3 Å². The Balaban J connectivity index is 1.73. The number of rotatable bonds is 4. The van der Waals surface area contributed by atoms with Gasteiger partial charge in [-0.05, 0) is 23.3 Å². The van der Waals surface area contributed by atoms with Crippen LogP contribution in [0.2, 0.25) is 0 Å². The monoisotopic (exact) mass is 386 g/mol. The van der Waals surface area contributed by atoms with Crippen LogP contribution in [0.25, 0.3) is 27.3 Å². The van der Waals surface area contributed by atoms with Gasteiger partial charge in [0.1, 0.15) is 5.75 Å². The lowest BCUT2D eigenvalue weighted by molar-refractivity contribution is 0.415. The van der Waals surface area contributed by atoms with Gasteiger partial charge >= 0.3 is 0 Å². The Hall–Kier alpha value is -2.75. The van der Waals surface area contributed by atoms with E-state index in [1.54, 1.807) is 13.3 Å². The van der Waals surface area contributed by atoms with E-state index in [1.807, 2.05) is 48.5 Å². The summed E-state index contributed by atoms with van der Waals surface area (Å²) in [7, 11) is -2.21. The lowest BCUT2D eigenvalue weighted by atomic mass is 10.0. The fourth-order valence-corrected chi connectivity index (χ4v) is 4.12. The lowest BCUT2D eigenvalue weighted by Crippen LogP contribution is -2.12. The molecule has 0 fully saturated rings. The number of nitrogens with zero attached hydrogens (tertiary/aromatic N) is 3. The van der Waals surface area contributed by atoms with Crippen LogP contribution < -0.4 is 9.88 Å². The maximum atomic E-state index is 11.5. The Morgan fingerprint density at radius 1 is 1.08 bits per heavy atom. The molecule has 0 saturated carbocycles. The molecule has 0 aliphatic rings. The zero-order valence-corrected chi connectivity index (χ0v) is 15.3. The minimum atomic E-state index is -3.85. The Morgan fingerprint density at radius 2 is 1.81 bits per heavy atom. The highest BCUT2D eigenvalue weighted by Gasteiger charge is 2.18. The molecular formula is C17H14N4O3S2. The fourth-order valence-electron chi connectivity index (χ4n) is 2.62. The highest BCUT2D eigenvalue weighted by atomic mass is 32.2. The largest absolute Gasteiger partial charge is 0.497 e. The standard InChI is InChI=1S/C17H14N4O3S2/c1-24-14-4-2-3-13(9-14)11-5-7-12(8-6-11)15-10-19-16-21(15)20-17(25-16)26(18,22)23/h2-10H,1H3,(H2,18,22,23). The molecule has 9 heteroatoms. The van der Waals surface area contributed by atoms with Gasteiger partial charge in [-0.3, -0.25) is 0 Å². The van der Waals surface area contributed by atoms with Gasteiger partial charge in [-0.25, -0.2) is 23.1 Å². The first-order valence-electron chi connectivity index (χ1n) is 7.58. The number of hydrogen-bond donors (Lipinski definition) is 1. The smallest absolute Gasteiger partial charge is 0.267 e. The van der Waals surface area contributed by atoms with Crippen molar-refractivity contribution in [1.29, 1.82) is 0 Å². The molecule has 7 nitrogen and oxygen atoms in total. The molecule has 0 amide bonds. The first-order chi connectivity index (χ1) is 12.5. The van der Waals surface area contributed by atoms with Gasteiger partial charge in [0.25, 0.3) is 10.0 Å². The highest BCUT2D eigenvalue weighted by molar-refractivity contribution is 7.91. The maximum Gasteiger partial charge on any atom is 0.267 e. The second-order valence-corrected chi connectivity index (χ2v) is 8.25. The fraction of sp³-hybridized carbons (Fsp3) is 0.0588. The summed E-state index contributed by atoms with van der Waals surface area (Å²) in [5, 5.41) is 9.21. The molecule has 2 aromatic carbocycles. The van der Waals surface area contributed by atoms with Crippen molar-refractivity contribution in [3.8, 4) is 28.1 Å². The van der Waals surface area contributed by atoms with Crippen molar-refractivity contribution < 1.29 is 13.2 Å². The van der Waals surface area contributed by atoms with E-state index in [2.05, 4.69) is 10.1 Å². The van der Waals surface area contributed by atoms with Crippen LogP contribution in [0.5, 0.6) is 5.75 Å². The van der Waals surface area contributed by atoms with E-state index in [0.29, 0.717) is 10.7 Å². The predicted molar refractivity (Wildman–Crippen MR) is 99.7 cm³/mol. The molecule has 4 aromatic rings. The summed E-state index contributed by atoms with van der Waals surface area (Å²) in [6.45, 7) is 0. The molecular weight excluding hydrogens is 372 g/mol. The minimum absolute atomic E-state index is 0.158. The van der Waals surface area contributed by atoms with E-state index in [-0.39, 0.29) is 4.34 Å². The Bertz CT molecular complexity index is 1190. The van der Waals surface area contributed by atoms with Gasteiger partial charge in [-0.2, -0.15) is 0 Å². The Morgan fingerprint density at radius 3 is 2.50 bits per heavy atom. The van der Waals surface area contributed by atoms with Crippen LogP contribution in [0.1, 0.15) is 0 Å². The third-order valence-corrected chi connectivity index (χ3v) is 6.13. The second-order valence-electron chi connectivity index (χ2n) is 5.56. The van der Waals surface area contributed by atoms with Crippen LogP contribution in [0.4, 0.5) is 0 Å². The zero-order valence-electron chi connectivity index (χ0n) is 13.7. The molecule has 2 heterocycles. The van der Waals surface area contributed by atoms with E-state index in [9.17, 15) is 8.42 Å². The molecule has 2 aromatic heterocycles. The Kier molecular flexibility index (Phi) is 3.98. The van der Waals surface area contributed by atoms with E-state index in [4.69, 9.17) is 9.88 Å². The number of sulfonamides is 1. The highest BCUT2D eigenvalue weighted by Crippen LogP contribution is 2.29. The first kappa shape index (κ1) is 16.7. The van der Waals surface area contributed by atoms with E-state index in [0.717, 1.165) is 33.8 Å². The van der Waals surface area contributed by atoms with Gasteiger partial charge in [0.2, 0.25) is 9.30 Å². The number of nitrogens with two attached hydrogens (primary N) is 1. The van der Waals surface area contributed by atoms with Gasteiger partial charge < -0.3 is 4.74 Å². The Labute approximate surface area is 153 Å². The number of benzene rings is 2. The van der Waals surface area contributed by atoms with E-state index >= 15 is 0 Å². The van der Waals surface area contributed by atoms with E-state index < -0.39 is 10.0 Å². The van der Waals surface area contributed by atoms with Crippen molar-refractivity contribution in [1.82, 2.24) is 14.6 Å². The molecule has 0 bridgehead atoms. The molecule has 2 N–H and O–H groups in total. The number of hydrogen-bond acceptors (Lipinski definition) is 6. The summed E-state index contributed by atoms with van der Waals surface area (Å²) < 4.78 is 29.5. The van der Waals surface area contributed by atoms with Gasteiger partial charge in [0, 0.05) is 5.56 Å². The summed E-state index contributed by atoms with van der Waals surface area (Å²) >= 11 is 0.938. The second kappa shape index (κ2) is 6.20.